The van der Waals surface area contributed by atoms with Crippen LogP contribution in [0.4, 0.5) is 5.69 Å². The lowest BCUT2D eigenvalue weighted by Gasteiger charge is -2.08. The summed E-state index contributed by atoms with van der Waals surface area (Å²) in [6, 6.07) is 21.2. The van der Waals surface area contributed by atoms with Crippen LogP contribution in [0.2, 0.25) is 0 Å². The summed E-state index contributed by atoms with van der Waals surface area (Å²) in [5, 5.41) is 12.4. The number of carbonyl (C=O) groups excluding carboxylic acids is 1. The van der Waals surface area contributed by atoms with E-state index in [1.54, 1.807) is 54.9 Å². The van der Waals surface area contributed by atoms with Crippen LogP contribution in [0.25, 0.3) is 5.57 Å². The van der Waals surface area contributed by atoms with Gasteiger partial charge in [0.05, 0.1) is 11.3 Å². The lowest BCUT2D eigenvalue weighted by molar-refractivity contribution is 0.105. The van der Waals surface area contributed by atoms with Crippen molar-refractivity contribution in [2.75, 3.05) is 5.32 Å². The lowest BCUT2D eigenvalue weighted by atomic mass is 10.0. The van der Waals surface area contributed by atoms with E-state index in [1.165, 1.54) is 0 Å². The topological polar surface area (TPSA) is 62.2 Å². The van der Waals surface area contributed by atoms with Crippen LogP contribution >= 0.6 is 0 Å². The second kappa shape index (κ2) is 7.24. The number of phenols is 1. The Kier molecular flexibility index (Phi) is 4.68. The van der Waals surface area contributed by atoms with Gasteiger partial charge in [-0.25, -0.2) is 0 Å². The Balaban J connectivity index is 1.94. The number of allylic oxidation sites excluding steroid dienone is 1. The molecular weight excluding hydrogens is 300 g/mol. The molecule has 0 saturated carbocycles. The van der Waals surface area contributed by atoms with Crippen LogP contribution < -0.4 is 5.32 Å². The Morgan fingerprint density at radius 3 is 2.29 bits per heavy atom. The van der Waals surface area contributed by atoms with Crippen LogP contribution in [0, 0.1) is 0 Å². The van der Waals surface area contributed by atoms with Gasteiger partial charge in [-0.1, -0.05) is 36.4 Å². The van der Waals surface area contributed by atoms with Gasteiger partial charge in [0.2, 0.25) is 0 Å². The molecule has 2 aromatic carbocycles. The molecule has 4 nitrogen and oxygen atoms in total. The third-order valence-electron chi connectivity index (χ3n) is 3.47. The molecule has 0 amide bonds. The highest BCUT2D eigenvalue weighted by atomic mass is 16.3. The van der Waals surface area contributed by atoms with Gasteiger partial charge in [-0.15, -0.1) is 0 Å². The average Bonchev–Trinajstić information content (AvgIpc) is 2.65. The predicted octanol–water partition coefficient (Wildman–Crippen LogP) is 4.12. The largest absolute Gasteiger partial charge is 0.508 e. The molecule has 0 unspecified atom stereocenters. The quantitative estimate of drug-likeness (QED) is 0.422. The standard InChI is InChI=1S/C20H16N2O2/c23-17-11-9-16(10-12-17)22-14-18(19-8-4-5-13-21-19)20(24)15-6-2-1-3-7-15/h1-14,22-23H. The number of hydrogen-bond acceptors (Lipinski definition) is 4. The molecule has 0 atom stereocenters. The van der Waals surface area contributed by atoms with Gasteiger partial charge >= 0.3 is 0 Å². The molecule has 2 N–H and O–H groups in total. The van der Waals surface area contributed by atoms with E-state index in [1.807, 2.05) is 30.3 Å². The Hall–Kier alpha value is -3.40. The maximum absolute atomic E-state index is 12.8. The van der Waals surface area contributed by atoms with E-state index in [4.69, 9.17) is 0 Å². The van der Waals surface area contributed by atoms with Crippen molar-refractivity contribution in [2.45, 2.75) is 0 Å². The SMILES string of the molecule is O=C(C(=CNc1ccc(O)cc1)c1ccccn1)c1ccccc1. The zero-order valence-corrected chi connectivity index (χ0v) is 12.9. The van der Waals surface area contributed by atoms with E-state index >= 15 is 0 Å². The van der Waals surface area contributed by atoms with Crippen molar-refractivity contribution < 1.29 is 9.90 Å². The van der Waals surface area contributed by atoms with Crippen LogP contribution in [-0.2, 0) is 0 Å². The number of aromatic nitrogens is 1. The second-order valence-corrected chi connectivity index (χ2v) is 5.16. The first-order valence-corrected chi connectivity index (χ1v) is 7.51. The molecule has 0 aliphatic rings. The van der Waals surface area contributed by atoms with Crippen LogP contribution in [0.5, 0.6) is 5.75 Å². The first-order chi connectivity index (χ1) is 11.7. The minimum absolute atomic E-state index is 0.111. The first kappa shape index (κ1) is 15.5. The molecule has 1 aromatic heterocycles. The molecule has 3 rings (SSSR count). The number of rotatable bonds is 5. The molecule has 0 radical (unpaired) electrons. The van der Waals surface area contributed by atoms with Crippen molar-refractivity contribution in [3.8, 4) is 5.75 Å². The highest BCUT2D eigenvalue weighted by Crippen LogP contribution is 2.20. The zero-order valence-electron chi connectivity index (χ0n) is 12.9. The Morgan fingerprint density at radius 2 is 1.62 bits per heavy atom. The van der Waals surface area contributed by atoms with Crippen LogP contribution in [0.15, 0.2) is 85.2 Å². The van der Waals surface area contributed by atoms with Crippen molar-refractivity contribution in [1.29, 1.82) is 0 Å². The van der Waals surface area contributed by atoms with Gasteiger partial charge in [0.15, 0.2) is 5.78 Å². The highest BCUT2D eigenvalue weighted by molar-refractivity contribution is 6.28. The maximum atomic E-state index is 12.8. The number of aromatic hydroxyl groups is 1. The van der Waals surface area contributed by atoms with E-state index in [2.05, 4.69) is 10.3 Å². The van der Waals surface area contributed by atoms with Gasteiger partial charge in [-0.05, 0) is 36.4 Å². The lowest BCUT2D eigenvalue weighted by Crippen LogP contribution is -2.06. The zero-order chi connectivity index (χ0) is 16.8. The average molecular weight is 316 g/mol. The fraction of sp³-hybridized carbons (Fsp3) is 0. The predicted molar refractivity (Wildman–Crippen MR) is 94.7 cm³/mol. The van der Waals surface area contributed by atoms with Gasteiger partial charge in [0.25, 0.3) is 0 Å². The minimum Gasteiger partial charge on any atom is -0.508 e. The smallest absolute Gasteiger partial charge is 0.196 e. The Morgan fingerprint density at radius 1 is 0.917 bits per heavy atom. The molecule has 0 aliphatic heterocycles. The summed E-state index contributed by atoms with van der Waals surface area (Å²) in [5.41, 5.74) is 2.43. The summed E-state index contributed by atoms with van der Waals surface area (Å²) in [4.78, 5) is 17.1. The molecule has 4 heteroatoms. The van der Waals surface area contributed by atoms with Crippen LogP contribution in [0.1, 0.15) is 16.1 Å². The van der Waals surface area contributed by atoms with Crippen LogP contribution in [0.3, 0.4) is 0 Å². The molecular formula is C20H16N2O2. The molecule has 24 heavy (non-hydrogen) atoms. The van der Waals surface area contributed by atoms with Crippen molar-refractivity contribution in [1.82, 2.24) is 4.98 Å². The van der Waals surface area contributed by atoms with E-state index in [0.29, 0.717) is 16.8 Å². The molecule has 0 saturated heterocycles. The molecule has 0 fully saturated rings. The number of benzene rings is 2. The van der Waals surface area contributed by atoms with E-state index in [-0.39, 0.29) is 11.5 Å². The molecule has 1 heterocycles. The molecule has 0 spiro atoms. The van der Waals surface area contributed by atoms with Gasteiger partial charge < -0.3 is 10.4 Å². The number of phenolic OH excluding ortho intramolecular Hbond substituents is 1. The van der Waals surface area contributed by atoms with Crippen molar-refractivity contribution in [2.24, 2.45) is 0 Å². The van der Waals surface area contributed by atoms with Crippen molar-refractivity contribution >= 4 is 17.0 Å². The number of anilines is 1. The summed E-state index contributed by atoms with van der Waals surface area (Å²) >= 11 is 0. The molecule has 118 valence electrons. The Labute approximate surface area is 140 Å². The first-order valence-electron chi connectivity index (χ1n) is 7.51. The molecule has 3 aromatic rings. The van der Waals surface area contributed by atoms with E-state index in [0.717, 1.165) is 5.69 Å². The second-order valence-electron chi connectivity index (χ2n) is 5.16. The summed E-state index contributed by atoms with van der Waals surface area (Å²) in [6.45, 7) is 0. The van der Waals surface area contributed by atoms with E-state index < -0.39 is 0 Å². The van der Waals surface area contributed by atoms with Crippen molar-refractivity contribution in [3.63, 3.8) is 0 Å². The van der Waals surface area contributed by atoms with Gasteiger partial charge in [-0.2, -0.15) is 0 Å². The van der Waals surface area contributed by atoms with Gasteiger partial charge in [0, 0.05) is 23.6 Å². The number of nitrogens with zero attached hydrogens (tertiary/aromatic N) is 1. The van der Waals surface area contributed by atoms with Gasteiger partial charge in [-0.3, -0.25) is 9.78 Å². The van der Waals surface area contributed by atoms with E-state index in [9.17, 15) is 9.90 Å². The fourth-order valence-corrected chi connectivity index (χ4v) is 2.24. The third-order valence-corrected chi connectivity index (χ3v) is 3.47. The third kappa shape index (κ3) is 3.67. The molecule has 0 aliphatic carbocycles. The summed E-state index contributed by atoms with van der Waals surface area (Å²) in [6.07, 6.45) is 3.30. The fourth-order valence-electron chi connectivity index (χ4n) is 2.24. The molecule has 0 bridgehead atoms. The minimum atomic E-state index is -0.111. The number of hydrogen-bond donors (Lipinski definition) is 2. The number of ketones is 1. The summed E-state index contributed by atoms with van der Waals surface area (Å²) in [5.74, 6) is 0.0791. The summed E-state index contributed by atoms with van der Waals surface area (Å²) < 4.78 is 0. The number of Topliss-reactive ketones (excluding diaryl/α,β-unsaturated/α-hetero) is 1. The number of nitrogens with one attached hydrogen (secondary N) is 1. The highest BCUT2D eigenvalue weighted by Gasteiger charge is 2.15. The number of carbonyl (C=O) groups is 1. The monoisotopic (exact) mass is 316 g/mol. The Bertz CT molecular complexity index is 842. The normalized spacial score (nSPS) is 11.1. The summed E-state index contributed by atoms with van der Waals surface area (Å²) in [7, 11) is 0. The van der Waals surface area contributed by atoms with Crippen molar-refractivity contribution in [3.05, 3.63) is 96.5 Å². The van der Waals surface area contributed by atoms with Crippen LogP contribution in [-0.4, -0.2) is 15.9 Å². The maximum Gasteiger partial charge on any atom is 0.196 e. The van der Waals surface area contributed by atoms with Gasteiger partial charge in [0.1, 0.15) is 5.75 Å². The number of pyridine rings is 1.